The largest absolute Gasteiger partial charge is 0.397 e. The lowest BCUT2D eigenvalue weighted by Gasteiger charge is -2.20. The molecule has 1 aromatic rings. The van der Waals surface area contributed by atoms with Crippen molar-refractivity contribution in [1.29, 1.82) is 0 Å². The molecule has 2 atom stereocenters. The van der Waals surface area contributed by atoms with Gasteiger partial charge in [0.15, 0.2) is 0 Å². The Hall–Kier alpha value is -1.49. The van der Waals surface area contributed by atoms with Gasteiger partial charge in [-0.25, -0.2) is 0 Å². The summed E-state index contributed by atoms with van der Waals surface area (Å²) in [4.78, 5) is 12.5. The van der Waals surface area contributed by atoms with Crippen molar-refractivity contribution < 1.29 is 9.53 Å². The van der Waals surface area contributed by atoms with Crippen molar-refractivity contribution >= 4 is 11.6 Å². The number of nitrogens with one attached hydrogen (secondary N) is 1. The second-order valence-corrected chi connectivity index (χ2v) is 6.20. The predicted molar refractivity (Wildman–Crippen MR) is 77.6 cm³/mol. The molecule has 3 rings (SSSR count). The summed E-state index contributed by atoms with van der Waals surface area (Å²) >= 11 is 0. The molecule has 110 valence electrons. The highest BCUT2D eigenvalue weighted by atomic mass is 16.5. The molecule has 3 N–H and O–H groups in total. The molecular formula is C15H23N3O2. The van der Waals surface area contributed by atoms with Crippen molar-refractivity contribution in [2.24, 2.45) is 5.92 Å². The van der Waals surface area contributed by atoms with Gasteiger partial charge in [0.05, 0.1) is 17.8 Å². The Morgan fingerprint density at radius 3 is 2.85 bits per heavy atom. The molecule has 2 aliphatic rings. The summed E-state index contributed by atoms with van der Waals surface area (Å²) in [5.74, 6) is 0.598. The van der Waals surface area contributed by atoms with Crippen LogP contribution in [0.4, 0.5) is 5.69 Å². The Morgan fingerprint density at radius 2 is 2.20 bits per heavy atom. The van der Waals surface area contributed by atoms with E-state index in [0.29, 0.717) is 17.3 Å². The summed E-state index contributed by atoms with van der Waals surface area (Å²) in [6, 6.07) is 2.11. The van der Waals surface area contributed by atoms with E-state index in [1.54, 1.807) is 6.07 Å². The quantitative estimate of drug-likeness (QED) is 0.883. The van der Waals surface area contributed by atoms with Crippen LogP contribution in [0.15, 0.2) is 12.3 Å². The second-order valence-electron chi connectivity index (χ2n) is 6.20. The summed E-state index contributed by atoms with van der Waals surface area (Å²) in [5.41, 5.74) is 7.09. The number of carbonyl (C=O) groups is 1. The molecule has 1 aliphatic heterocycles. The highest BCUT2D eigenvalue weighted by Gasteiger charge is 2.41. The fourth-order valence-electron chi connectivity index (χ4n) is 3.01. The van der Waals surface area contributed by atoms with Crippen LogP contribution in [0.2, 0.25) is 0 Å². The first-order valence-electron chi connectivity index (χ1n) is 7.46. The summed E-state index contributed by atoms with van der Waals surface area (Å²) in [7, 11) is 0. The maximum Gasteiger partial charge on any atom is 0.268 e. The Kier molecular flexibility index (Phi) is 3.46. The maximum atomic E-state index is 12.5. The third kappa shape index (κ3) is 2.54. The van der Waals surface area contributed by atoms with Crippen LogP contribution in [0.1, 0.15) is 49.6 Å². The van der Waals surface area contributed by atoms with E-state index in [4.69, 9.17) is 10.5 Å². The first-order chi connectivity index (χ1) is 9.56. The molecule has 0 radical (unpaired) electrons. The van der Waals surface area contributed by atoms with Crippen molar-refractivity contribution in [3.63, 3.8) is 0 Å². The summed E-state index contributed by atoms with van der Waals surface area (Å²) in [6.07, 6.45) is 5.39. The summed E-state index contributed by atoms with van der Waals surface area (Å²) < 4.78 is 7.69. The number of ether oxygens (including phenoxy) is 1. The fourth-order valence-corrected chi connectivity index (χ4v) is 3.01. The fraction of sp³-hybridized carbons (Fsp3) is 0.667. The van der Waals surface area contributed by atoms with Gasteiger partial charge >= 0.3 is 0 Å². The number of rotatable bonds is 4. The lowest BCUT2D eigenvalue weighted by atomic mass is 10.1. The van der Waals surface area contributed by atoms with Gasteiger partial charge in [-0.3, -0.25) is 4.79 Å². The molecule has 5 nitrogen and oxygen atoms in total. The minimum atomic E-state index is -0.0449. The monoisotopic (exact) mass is 277 g/mol. The van der Waals surface area contributed by atoms with Crippen LogP contribution in [-0.2, 0) is 4.74 Å². The third-order valence-corrected chi connectivity index (χ3v) is 4.20. The molecule has 1 saturated heterocycles. The number of hydrogen-bond acceptors (Lipinski definition) is 3. The molecule has 1 amide bonds. The topological polar surface area (TPSA) is 69.3 Å². The van der Waals surface area contributed by atoms with Gasteiger partial charge in [0, 0.05) is 18.8 Å². The van der Waals surface area contributed by atoms with E-state index in [2.05, 4.69) is 5.32 Å². The van der Waals surface area contributed by atoms with E-state index in [1.165, 1.54) is 12.8 Å². The van der Waals surface area contributed by atoms with Gasteiger partial charge in [0.1, 0.15) is 5.69 Å². The van der Waals surface area contributed by atoms with E-state index < -0.39 is 0 Å². The highest BCUT2D eigenvalue weighted by molar-refractivity contribution is 5.94. The van der Waals surface area contributed by atoms with Gasteiger partial charge in [0.25, 0.3) is 5.91 Å². The van der Waals surface area contributed by atoms with Crippen molar-refractivity contribution in [2.45, 2.75) is 51.3 Å². The van der Waals surface area contributed by atoms with Crippen LogP contribution in [0.25, 0.3) is 0 Å². The second kappa shape index (κ2) is 5.13. The van der Waals surface area contributed by atoms with Gasteiger partial charge in [-0.2, -0.15) is 0 Å². The van der Waals surface area contributed by atoms with E-state index in [0.717, 1.165) is 13.0 Å². The SMILES string of the molecule is CC(C)n1cc(N)cc1C(=O)NC1CCOC1C1CC1. The van der Waals surface area contributed by atoms with E-state index in [-0.39, 0.29) is 24.1 Å². The van der Waals surface area contributed by atoms with Crippen LogP contribution in [0.5, 0.6) is 0 Å². The third-order valence-electron chi connectivity index (χ3n) is 4.20. The number of hydrogen-bond donors (Lipinski definition) is 2. The molecule has 1 aliphatic carbocycles. The highest BCUT2D eigenvalue weighted by Crippen LogP contribution is 2.38. The minimum absolute atomic E-state index is 0.0449. The minimum Gasteiger partial charge on any atom is -0.397 e. The standard InChI is InChI=1S/C15H23N3O2/c1-9(2)18-8-11(16)7-13(18)15(19)17-12-5-6-20-14(12)10-3-4-10/h7-10,12,14H,3-6,16H2,1-2H3,(H,17,19). The van der Waals surface area contributed by atoms with E-state index >= 15 is 0 Å². The van der Waals surface area contributed by atoms with Gasteiger partial charge < -0.3 is 20.4 Å². The first kappa shape index (κ1) is 13.5. The number of carbonyl (C=O) groups excluding carboxylic acids is 1. The van der Waals surface area contributed by atoms with Crippen LogP contribution in [0.3, 0.4) is 0 Å². The first-order valence-corrected chi connectivity index (χ1v) is 7.46. The zero-order valence-corrected chi connectivity index (χ0v) is 12.1. The molecule has 1 saturated carbocycles. The zero-order valence-electron chi connectivity index (χ0n) is 12.1. The Labute approximate surface area is 119 Å². The Morgan fingerprint density at radius 1 is 1.45 bits per heavy atom. The van der Waals surface area contributed by atoms with E-state index in [9.17, 15) is 4.79 Å². The molecule has 2 heterocycles. The van der Waals surface area contributed by atoms with E-state index in [1.807, 2.05) is 24.6 Å². The van der Waals surface area contributed by atoms with Crippen LogP contribution >= 0.6 is 0 Å². The van der Waals surface area contributed by atoms with Crippen molar-refractivity contribution in [1.82, 2.24) is 9.88 Å². The predicted octanol–water partition coefficient (Wildman–Crippen LogP) is 1.95. The lowest BCUT2D eigenvalue weighted by Crippen LogP contribution is -2.42. The van der Waals surface area contributed by atoms with Gasteiger partial charge in [0.2, 0.25) is 0 Å². The number of nitrogen functional groups attached to an aromatic ring is 1. The number of anilines is 1. The number of amides is 1. The molecule has 0 aromatic carbocycles. The molecule has 5 heteroatoms. The molecule has 1 aromatic heterocycles. The van der Waals surface area contributed by atoms with Crippen LogP contribution in [0, 0.1) is 5.92 Å². The van der Waals surface area contributed by atoms with Crippen LogP contribution < -0.4 is 11.1 Å². The molecule has 0 spiro atoms. The lowest BCUT2D eigenvalue weighted by molar-refractivity contribution is 0.0725. The van der Waals surface area contributed by atoms with Crippen molar-refractivity contribution in [3.8, 4) is 0 Å². The van der Waals surface area contributed by atoms with Gasteiger partial charge in [-0.15, -0.1) is 0 Å². The molecule has 0 bridgehead atoms. The average molecular weight is 277 g/mol. The van der Waals surface area contributed by atoms with Gasteiger partial charge in [-0.1, -0.05) is 0 Å². The van der Waals surface area contributed by atoms with Crippen molar-refractivity contribution in [3.05, 3.63) is 18.0 Å². The van der Waals surface area contributed by atoms with Crippen LogP contribution in [-0.4, -0.2) is 29.2 Å². The molecule has 2 unspecified atom stereocenters. The normalized spacial score (nSPS) is 26.1. The summed E-state index contributed by atoms with van der Waals surface area (Å²) in [6.45, 7) is 4.84. The Bertz CT molecular complexity index is 505. The van der Waals surface area contributed by atoms with Crippen molar-refractivity contribution in [2.75, 3.05) is 12.3 Å². The smallest absolute Gasteiger partial charge is 0.268 e. The molecule has 20 heavy (non-hydrogen) atoms. The number of nitrogens with two attached hydrogens (primary N) is 1. The maximum absolute atomic E-state index is 12.5. The zero-order chi connectivity index (χ0) is 14.3. The molecule has 2 fully saturated rings. The number of aromatic nitrogens is 1. The molecular weight excluding hydrogens is 254 g/mol. The Balaban J connectivity index is 1.72. The average Bonchev–Trinajstić information content (AvgIpc) is 3.00. The number of nitrogens with zero attached hydrogens (tertiary/aromatic N) is 1. The van der Waals surface area contributed by atoms with Gasteiger partial charge in [-0.05, 0) is 45.1 Å². The summed E-state index contributed by atoms with van der Waals surface area (Å²) in [5, 5.41) is 3.13.